The first-order chi connectivity index (χ1) is 12.7. The normalized spacial score (nSPS) is 33.0. The molecule has 1 amide bonds. The van der Waals surface area contributed by atoms with Crippen LogP contribution in [0.1, 0.15) is 63.5 Å². The minimum Gasteiger partial charge on any atom is -0.347 e. The average molecular weight is 377 g/mol. The molecule has 1 aromatic rings. The van der Waals surface area contributed by atoms with Crippen molar-refractivity contribution in [3.05, 3.63) is 41.0 Å². The quantitative estimate of drug-likeness (QED) is 0.684. The van der Waals surface area contributed by atoms with Crippen LogP contribution in [-0.4, -0.2) is 11.4 Å². The molecule has 5 rings (SSSR count). The molecule has 1 aromatic carbocycles. The van der Waals surface area contributed by atoms with E-state index in [0.717, 1.165) is 54.7 Å². The number of allylic oxidation sites excluding steroid dienone is 1. The van der Waals surface area contributed by atoms with Crippen molar-refractivity contribution in [3.8, 4) is 0 Å². The highest BCUT2D eigenvalue weighted by Crippen LogP contribution is 2.55. The van der Waals surface area contributed by atoms with Crippen LogP contribution in [-0.2, 0) is 11.0 Å². The highest BCUT2D eigenvalue weighted by Gasteiger charge is 2.51. The summed E-state index contributed by atoms with van der Waals surface area (Å²) < 4.78 is 38.2. The Hall–Kier alpha value is -1.78. The molecule has 146 valence electrons. The molecular formula is C22H26F3NO. The van der Waals surface area contributed by atoms with E-state index >= 15 is 0 Å². The van der Waals surface area contributed by atoms with Crippen LogP contribution in [0, 0.1) is 17.8 Å². The minimum absolute atomic E-state index is 0.0620. The Morgan fingerprint density at radius 1 is 0.963 bits per heavy atom. The third-order valence-electron chi connectivity index (χ3n) is 6.97. The van der Waals surface area contributed by atoms with E-state index in [2.05, 4.69) is 5.32 Å². The minimum atomic E-state index is -4.35. The predicted molar refractivity (Wildman–Crippen MR) is 98.8 cm³/mol. The predicted octanol–water partition coefficient (Wildman–Crippen LogP) is 5.58. The smallest absolute Gasteiger partial charge is 0.347 e. The van der Waals surface area contributed by atoms with E-state index in [0.29, 0.717) is 11.1 Å². The van der Waals surface area contributed by atoms with Crippen molar-refractivity contribution in [2.75, 3.05) is 0 Å². The molecule has 0 aliphatic heterocycles. The number of amides is 1. The van der Waals surface area contributed by atoms with Gasteiger partial charge in [-0.05, 0) is 93.4 Å². The Balaban J connectivity index is 1.51. The van der Waals surface area contributed by atoms with Crippen molar-refractivity contribution in [3.63, 3.8) is 0 Å². The van der Waals surface area contributed by atoms with Gasteiger partial charge in [0.15, 0.2) is 0 Å². The average Bonchev–Trinajstić information content (AvgIpc) is 2.58. The van der Waals surface area contributed by atoms with Gasteiger partial charge in [0.05, 0.1) is 5.56 Å². The summed E-state index contributed by atoms with van der Waals surface area (Å²) in [6.45, 7) is 3.57. The van der Waals surface area contributed by atoms with Crippen LogP contribution in [0.3, 0.4) is 0 Å². The fraction of sp³-hybridized carbons (Fsp3) is 0.591. The van der Waals surface area contributed by atoms with Crippen molar-refractivity contribution < 1.29 is 18.0 Å². The number of nitrogens with one attached hydrogen (secondary N) is 1. The molecule has 4 aliphatic carbocycles. The molecule has 2 nitrogen and oxygen atoms in total. The zero-order valence-electron chi connectivity index (χ0n) is 15.8. The van der Waals surface area contributed by atoms with Gasteiger partial charge in [0, 0.05) is 11.1 Å². The van der Waals surface area contributed by atoms with Crippen molar-refractivity contribution in [2.24, 2.45) is 17.8 Å². The lowest BCUT2D eigenvalue weighted by atomic mass is 9.53. The van der Waals surface area contributed by atoms with E-state index in [1.807, 2.05) is 0 Å². The van der Waals surface area contributed by atoms with Gasteiger partial charge in [-0.1, -0.05) is 12.1 Å². The van der Waals surface area contributed by atoms with Crippen LogP contribution in [0.2, 0.25) is 0 Å². The summed E-state index contributed by atoms with van der Waals surface area (Å²) in [5.74, 6) is 2.17. The zero-order valence-corrected chi connectivity index (χ0v) is 15.8. The summed E-state index contributed by atoms with van der Waals surface area (Å²) >= 11 is 0. The van der Waals surface area contributed by atoms with Gasteiger partial charge >= 0.3 is 6.18 Å². The van der Waals surface area contributed by atoms with Crippen LogP contribution in [0.5, 0.6) is 0 Å². The molecular weight excluding hydrogens is 351 g/mol. The van der Waals surface area contributed by atoms with E-state index in [1.165, 1.54) is 31.4 Å². The third kappa shape index (κ3) is 3.53. The van der Waals surface area contributed by atoms with Crippen molar-refractivity contribution in [1.29, 1.82) is 0 Å². The summed E-state index contributed by atoms with van der Waals surface area (Å²) in [4.78, 5) is 12.9. The molecule has 4 saturated carbocycles. The van der Waals surface area contributed by atoms with E-state index in [1.54, 1.807) is 13.8 Å². The standard InChI is InChI=1S/C22H26F3NO/c1-13(18-3-5-19(6-4-18)22(23,24)25)14(2)20(27)26-21-10-15-7-16(11-21)9-17(8-15)12-21/h3-6,15-17H,7-12H2,1-2H3,(H,26,27)/b14-13-. The molecule has 0 unspecified atom stereocenters. The molecule has 4 bridgehead atoms. The molecule has 0 atom stereocenters. The number of alkyl halides is 3. The Morgan fingerprint density at radius 2 is 1.44 bits per heavy atom. The second-order valence-corrected chi connectivity index (χ2v) is 8.98. The van der Waals surface area contributed by atoms with Gasteiger partial charge in [0.2, 0.25) is 5.91 Å². The molecule has 27 heavy (non-hydrogen) atoms. The van der Waals surface area contributed by atoms with E-state index in [4.69, 9.17) is 0 Å². The number of hydrogen-bond donors (Lipinski definition) is 1. The number of carbonyl (C=O) groups is 1. The highest BCUT2D eigenvalue weighted by atomic mass is 19.4. The summed E-state index contributed by atoms with van der Waals surface area (Å²) in [5.41, 5.74) is 1.24. The van der Waals surface area contributed by atoms with E-state index in [-0.39, 0.29) is 11.4 Å². The van der Waals surface area contributed by atoms with Gasteiger partial charge < -0.3 is 5.32 Å². The van der Waals surface area contributed by atoms with Crippen molar-refractivity contribution >= 4 is 11.5 Å². The van der Waals surface area contributed by atoms with Crippen LogP contribution in [0.15, 0.2) is 29.8 Å². The van der Waals surface area contributed by atoms with Gasteiger partial charge in [-0.3, -0.25) is 4.79 Å². The Morgan fingerprint density at radius 3 is 1.89 bits per heavy atom. The Bertz CT molecular complexity index is 740. The Labute approximate surface area is 158 Å². The first-order valence-corrected chi connectivity index (χ1v) is 9.83. The maximum Gasteiger partial charge on any atom is 0.416 e. The number of hydrogen-bond acceptors (Lipinski definition) is 1. The van der Waals surface area contributed by atoms with Crippen molar-refractivity contribution in [2.45, 2.75) is 64.1 Å². The van der Waals surface area contributed by atoms with Crippen LogP contribution in [0.25, 0.3) is 5.57 Å². The van der Waals surface area contributed by atoms with Crippen LogP contribution in [0.4, 0.5) is 13.2 Å². The topological polar surface area (TPSA) is 29.1 Å². The summed E-state index contributed by atoms with van der Waals surface area (Å²) in [6, 6.07) is 5.03. The first-order valence-electron chi connectivity index (χ1n) is 9.83. The first kappa shape index (κ1) is 18.6. The molecule has 0 spiro atoms. The van der Waals surface area contributed by atoms with Crippen molar-refractivity contribution in [1.82, 2.24) is 5.32 Å². The molecule has 5 heteroatoms. The number of benzene rings is 1. The molecule has 0 heterocycles. The second kappa shape index (κ2) is 6.39. The summed E-state index contributed by atoms with van der Waals surface area (Å²) in [5, 5.41) is 3.33. The van der Waals surface area contributed by atoms with Gasteiger partial charge in [-0.15, -0.1) is 0 Å². The Kier molecular flexibility index (Phi) is 4.39. The molecule has 0 aromatic heterocycles. The number of halogens is 3. The number of rotatable bonds is 3. The number of carbonyl (C=O) groups excluding carboxylic acids is 1. The second-order valence-electron chi connectivity index (χ2n) is 8.98. The third-order valence-corrected chi connectivity index (χ3v) is 6.97. The van der Waals surface area contributed by atoms with Gasteiger partial charge in [0.25, 0.3) is 0 Å². The lowest BCUT2D eigenvalue weighted by Crippen LogP contribution is -2.60. The zero-order chi connectivity index (χ0) is 19.4. The van der Waals surface area contributed by atoms with Crippen LogP contribution < -0.4 is 5.32 Å². The van der Waals surface area contributed by atoms with Crippen LogP contribution >= 0.6 is 0 Å². The van der Waals surface area contributed by atoms with E-state index in [9.17, 15) is 18.0 Å². The van der Waals surface area contributed by atoms with Gasteiger partial charge in [-0.25, -0.2) is 0 Å². The maximum atomic E-state index is 12.9. The molecule has 1 N–H and O–H groups in total. The highest BCUT2D eigenvalue weighted by molar-refractivity contribution is 6.00. The largest absolute Gasteiger partial charge is 0.416 e. The van der Waals surface area contributed by atoms with Gasteiger partial charge in [-0.2, -0.15) is 13.2 Å². The lowest BCUT2D eigenvalue weighted by Gasteiger charge is -2.57. The summed E-state index contributed by atoms with van der Waals surface area (Å²) in [7, 11) is 0. The summed E-state index contributed by atoms with van der Waals surface area (Å²) in [6.07, 6.45) is 2.84. The molecule has 4 aliphatic rings. The van der Waals surface area contributed by atoms with E-state index < -0.39 is 11.7 Å². The SMILES string of the molecule is C/C(C(=O)NC12CC3CC(CC(C3)C1)C2)=C(\C)c1ccc(C(F)(F)F)cc1. The maximum absolute atomic E-state index is 12.9. The molecule has 0 saturated heterocycles. The fourth-order valence-electron chi connectivity index (χ4n) is 5.89. The van der Waals surface area contributed by atoms with Gasteiger partial charge in [0.1, 0.15) is 0 Å². The monoisotopic (exact) mass is 377 g/mol. The molecule has 4 fully saturated rings. The lowest BCUT2D eigenvalue weighted by molar-refractivity contribution is -0.137. The molecule has 0 radical (unpaired) electrons. The fourth-order valence-corrected chi connectivity index (χ4v) is 5.89.